The highest BCUT2D eigenvalue weighted by Crippen LogP contribution is 2.37. The molecule has 1 aromatic carbocycles. The zero-order chi connectivity index (χ0) is 13.1. The van der Waals surface area contributed by atoms with Gasteiger partial charge in [0.2, 0.25) is 0 Å². The van der Waals surface area contributed by atoms with Gasteiger partial charge in [-0.3, -0.25) is 0 Å². The van der Waals surface area contributed by atoms with Crippen molar-refractivity contribution in [1.82, 2.24) is 0 Å². The predicted molar refractivity (Wildman–Crippen MR) is 71.1 cm³/mol. The standard InChI is InChI=1S/C14H19ClO3/c1-3-12-10(6-7-18-12)14(16)9-4-5-13(17-2)11(15)8-9/h4-5,8,10,12,14,16H,3,6-7H2,1-2H3. The number of ether oxygens (including phenoxy) is 2. The molecular formula is C14H19ClO3. The topological polar surface area (TPSA) is 38.7 Å². The summed E-state index contributed by atoms with van der Waals surface area (Å²) >= 11 is 6.08. The van der Waals surface area contributed by atoms with Crippen LogP contribution in [0.1, 0.15) is 31.4 Å². The van der Waals surface area contributed by atoms with Crippen LogP contribution >= 0.6 is 11.6 Å². The summed E-state index contributed by atoms with van der Waals surface area (Å²) in [6, 6.07) is 5.42. The third-order valence-corrected chi connectivity index (χ3v) is 3.88. The lowest BCUT2D eigenvalue weighted by atomic mass is 9.89. The van der Waals surface area contributed by atoms with Crippen LogP contribution in [0, 0.1) is 5.92 Å². The Morgan fingerprint density at radius 2 is 2.33 bits per heavy atom. The van der Waals surface area contributed by atoms with Crippen molar-refractivity contribution in [3.8, 4) is 5.75 Å². The fraction of sp³-hybridized carbons (Fsp3) is 0.571. The Kier molecular flexibility index (Phi) is 4.49. The van der Waals surface area contributed by atoms with E-state index in [0.29, 0.717) is 10.8 Å². The maximum Gasteiger partial charge on any atom is 0.137 e. The van der Waals surface area contributed by atoms with Crippen LogP contribution < -0.4 is 4.74 Å². The monoisotopic (exact) mass is 270 g/mol. The lowest BCUT2D eigenvalue weighted by Gasteiger charge is -2.23. The van der Waals surface area contributed by atoms with Gasteiger partial charge >= 0.3 is 0 Å². The normalized spacial score (nSPS) is 25.1. The molecule has 0 radical (unpaired) electrons. The van der Waals surface area contributed by atoms with Crippen molar-refractivity contribution in [2.45, 2.75) is 32.0 Å². The molecule has 3 atom stereocenters. The van der Waals surface area contributed by atoms with Crippen molar-refractivity contribution in [3.63, 3.8) is 0 Å². The van der Waals surface area contributed by atoms with Gasteiger partial charge in [-0.25, -0.2) is 0 Å². The average molecular weight is 271 g/mol. The molecule has 18 heavy (non-hydrogen) atoms. The van der Waals surface area contributed by atoms with E-state index < -0.39 is 6.10 Å². The van der Waals surface area contributed by atoms with Crippen LogP contribution in [0.3, 0.4) is 0 Å². The summed E-state index contributed by atoms with van der Waals surface area (Å²) in [5.41, 5.74) is 0.828. The number of hydrogen-bond acceptors (Lipinski definition) is 3. The molecule has 2 rings (SSSR count). The summed E-state index contributed by atoms with van der Waals surface area (Å²) in [7, 11) is 1.58. The third-order valence-electron chi connectivity index (χ3n) is 3.59. The molecule has 3 unspecified atom stereocenters. The minimum Gasteiger partial charge on any atom is -0.495 e. The van der Waals surface area contributed by atoms with Gasteiger partial charge in [-0.05, 0) is 30.5 Å². The number of methoxy groups -OCH3 is 1. The van der Waals surface area contributed by atoms with Crippen LogP contribution in [-0.2, 0) is 4.74 Å². The number of halogens is 1. The van der Waals surface area contributed by atoms with E-state index in [0.717, 1.165) is 25.0 Å². The summed E-state index contributed by atoms with van der Waals surface area (Å²) in [5, 5.41) is 11.0. The first-order valence-corrected chi connectivity index (χ1v) is 6.68. The van der Waals surface area contributed by atoms with Crippen molar-refractivity contribution < 1.29 is 14.6 Å². The molecule has 1 aromatic rings. The molecular weight excluding hydrogens is 252 g/mol. The van der Waals surface area contributed by atoms with Gasteiger partial charge in [0.1, 0.15) is 5.75 Å². The van der Waals surface area contributed by atoms with E-state index >= 15 is 0 Å². The Morgan fingerprint density at radius 1 is 1.56 bits per heavy atom. The second-order valence-corrected chi connectivity index (χ2v) is 5.02. The summed E-state index contributed by atoms with van der Waals surface area (Å²) in [6.45, 7) is 2.81. The molecule has 1 saturated heterocycles. The zero-order valence-corrected chi connectivity index (χ0v) is 11.5. The molecule has 1 aliphatic rings. The molecule has 3 nitrogen and oxygen atoms in total. The molecule has 1 heterocycles. The molecule has 0 aliphatic carbocycles. The van der Waals surface area contributed by atoms with E-state index in [1.54, 1.807) is 19.2 Å². The SMILES string of the molecule is CCC1OCCC1C(O)c1ccc(OC)c(Cl)c1. The Hall–Kier alpha value is -0.770. The summed E-state index contributed by atoms with van der Waals surface area (Å²) in [5.74, 6) is 0.779. The Bertz CT molecular complexity index is 408. The second kappa shape index (κ2) is 5.91. The first kappa shape index (κ1) is 13.7. The largest absolute Gasteiger partial charge is 0.495 e. The van der Waals surface area contributed by atoms with E-state index in [9.17, 15) is 5.11 Å². The first-order chi connectivity index (χ1) is 8.67. The minimum atomic E-state index is -0.527. The van der Waals surface area contributed by atoms with Crippen LogP contribution in [-0.4, -0.2) is 24.9 Å². The number of hydrogen-bond donors (Lipinski definition) is 1. The highest BCUT2D eigenvalue weighted by atomic mass is 35.5. The first-order valence-electron chi connectivity index (χ1n) is 6.30. The Labute approximate surface area is 113 Å². The van der Waals surface area contributed by atoms with Gasteiger partial charge in [-0.2, -0.15) is 0 Å². The number of aliphatic hydroxyl groups excluding tert-OH is 1. The Balaban J connectivity index is 2.18. The lowest BCUT2D eigenvalue weighted by Crippen LogP contribution is -2.22. The molecule has 1 aliphatic heterocycles. The van der Waals surface area contributed by atoms with Crippen LogP contribution in [0.4, 0.5) is 0 Å². The number of benzene rings is 1. The third kappa shape index (κ3) is 2.63. The zero-order valence-electron chi connectivity index (χ0n) is 10.7. The van der Waals surface area contributed by atoms with Crippen molar-refractivity contribution in [1.29, 1.82) is 0 Å². The maximum absolute atomic E-state index is 10.4. The van der Waals surface area contributed by atoms with E-state index in [1.807, 2.05) is 6.07 Å². The second-order valence-electron chi connectivity index (χ2n) is 4.61. The van der Waals surface area contributed by atoms with E-state index in [4.69, 9.17) is 21.1 Å². The molecule has 0 saturated carbocycles. The van der Waals surface area contributed by atoms with Crippen molar-refractivity contribution in [3.05, 3.63) is 28.8 Å². The van der Waals surface area contributed by atoms with Gasteiger partial charge < -0.3 is 14.6 Å². The lowest BCUT2D eigenvalue weighted by molar-refractivity contribution is 0.0307. The number of aliphatic hydroxyl groups is 1. The molecule has 0 aromatic heterocycles. The van der Waals surface area contributed by atoms with Gasteiger partial charge in [-0.15, -0.1) is 0 Å². The molecule has 0 spiro atoms. The van der Waals surface area contributed by atoms with Gasteiger partial charge in [0.05, 0.1) is 24.3 Å². The van der Waals surface area contributed by atoms with Crippen LogP contribution in [0.2, 0.25) is 5.02 Å². The Morgan fingerprint density at radius 3 is 2.94 bits per heavy atom. The molecule has 1 fully saturated rings. The quantitative estimate of drug-likeness (QED) is 0.913. The molecule has 4 heteroatoms. The molecule has 100 valence electrons. The molecule has 0 bridgehead atoms. The highest BCUT2D eigenvalue weighted by Gasteiger charge is 2.33. The van der Waals surface area contributed by atoms with Crippen molar-refractivity contribution in [2.24, 2.45) is 5.92 Å². The van der Waals surface area contributed by atoms with Crippen molar-refractivity contribution >= 4 is 11.6 Å². The van der Waals surface area contributed by atoms with E-state index in [-0.39, 0.29) is 12.0 Å². The van der Waals surface area contributed by atoms with Gasteiger partial charge in [0.25, 0.3) is 0 Å². The smallest absolute Gasteiger partial charge is 0.137 e. The summed E-state index contributed by atoms with van der Waals surface area (Å²) in [6.07, 6.45) is 1.43. The fourth-order valence-corrected chi connectivity index (χ4v) is 2.83. The predicted octanol–water partition coefficient (Wildman–Crippen LogP) is 3.20. The van der Waals surface area contributed by atoms with Crippen LogP contribution in [0.5, 0.6) is 5.75 Å². The molecule has 0 amide bonds. The van der Waals surface area contributed by atoms with E-state index in [1.165, 1.54) is 0 Å². The average Bonchev–Trinajstić information content (AvgIpc) is 2.86. The van der Waals surface area contributed by atoms with Gasteiger partial charge in [-0.1, -0.05) is 24.6 Å². The van der Waals surface area contributed by atoms with E-state index in [2.05, 4.69) is 6.92 Å². The number of rotatable bonds is 4. The van der Waals surface area contributed by atoms with Crippen molar-refractivity contribution in [2.75, 3.05) is 13.7 Å². The maximum atomic E-state index is 10.4. The van der Waals surface area contributed by atoms with Gasteiger partial charge in [0.15, 0.2) is 0 Å². The fourth-order valence-electron chi connectivity index (χ4n) is 2.56. The van der Waals surface area contributed by atoms with Crippen LogP contribution in [0.15, 0.2) is 18.2 Å². The van der Waals surface area contributed by atoms with Gasteiger partial charge in [0, 0.05) is 12.5 Å². The minimum absolute atomic E-state index is 0.140. The van der Waals surface area contributed by atoms with Crippen LogP contribution in [0.25, 0.3) is 0 Å². The molecule has 1 N–H and O–H groups in total. The highest BCUT2D eigenvalue weighted by molar-refractivity contribution is 6.32. The summed E-state index contributed by atoms with van der Waals surface area (Å²) in [4.78, 5) is 0. The summed E-state index contributed by atoms with van der Waals surface area (Å²) < 4.78 is 10.7.